The third kappa shape index (κ3) is 3.23. The van der Waals surface area contributed by atoms with Gasteiger partial charge in [-0.25, -0.2) is 0 Å². The van der Waals surface area contributed by atoms with E-state index in [-0.39, 0.29) is 6.42 Å². The first-order valence-corrected chi connectivity index (χ1v) is 6.55. The summed E-state index contributed by atoms with van der Waals surface area (Å²) in [5, 5.41) is -6.86. The molecule has 1 unspecified atom stereocenters. The zero-order chi connectivity index (χ0) is 17.5. The highest BCUT2D eigenvalue weighted by atomic mass is 32.2. The molecule has 0 aromatic heterocycles. The molecule has 0 aliphatic carbocycles. The van der Waals surface area contributed by atoms with Crippen molar-refractivity contribution in [2.24, 2.45) is 0 Å². The molecule has 1 atom stereocenters. The van der Waals surface area contributed by atoms with Crippen molar-refractivity contribution in [1.29, 1.82) is 0 Å². The molecule has 0 saturated heterocycles. The second kappa shape index (κ2) is 5.50. The van der Waals surface area contributed by atoms with Gasteiger partial charge in [-0.1, -0.05) is 6.92 Å². The zero-order valence-corrected chi connectivity index (χ0v) is 11.2. The molecule has 0 rings (SSSR count). The van der Waals surface area contributed by atoms with Gasteiger partial charge in [-0.05, 0) is 13.3 Å². The van der Waals surface area contributed by atoms with E-state index in [4.69, 9.17) is 4.55 Å². The minimum absolute atomic E-state index is 0.355. The summed E-state index contributed by atoms with van der Waals surface area (Å²) in [7, 11) is -7.09. The minimum Gasteiger partial charge on any atom is -0.312 e. The molecule has 0 aliphatic heterocycles. The van der Waals surface area contributed by atoms with E-state index in [0.717, 1.165) is 13.8 Å². The smallest absolute Gasteiger partial charge is 0.312 e. The fourth-order valence-corrected chi connectivity index (χ4v) is 1.39. The van der Waals surface area contributed by atoms with Crippen LogP contribution >= 0.6 is 0 Å². The molecular weight excluding hydrogens is 344 g/mol. The van der Waals surface area contributed by atoms with Crippen LogP contribution in [0.2, 0.25) is 0 Å². The van der Waals surface area contributed by atoms with Crippen molar-refractivity contribution in [2.45, 2.75) is 49.6 Å². The number of hydrogen-bond donors (Lipinski definition) is 1. The molecule has 0 fully saturated rings. The molecule has 1 N–H and O–H groups in total. The van der Waals surface area contributed by atoms with Crippen LogP contribution < -0.4 is 0 Å². The average Bonchev–Trinajstić information content (AvgIpc) is 2.25. The molecule has 0 amide bonds. The van der Waals surface area contributed by atoms with E-state index < -0.39 is 39.4 Å². The Balaban J connectivity index is 5.88. The zero-order valence-electron chi connectivity index (χ0n) is 10.4. The Kier molecular flexibility index (Phi) is 5.32. The number of alkyl halides is 8. The minimum atomic E-state index is -7.13. The maximum absolute atomic E-state index is 13.0. The first kappa shape index (κ1) is 20.3. The lowest BCUT2D eigenvalue weighted by atomic mass is 10.1. The normalized spacial score (nSPS) is 16.9. The van der Waals surface area contributed by atoms with Crippen LogP contribution in [0.5, 0.6) is 0 Å². The highest BCUT2D eigenvalue weighted by Crippen LogP contribution is 2.54. The molecule has 13 heteroatoms. The van der Waals surface area contributed by atoms with Crippen LogP contribution in [0, 0.1) is 0 Å². The molecule has 4 nitrogen and oxygen atoms in total. The van der Waals surface area contributed by atoms with Crippen LogP contribution in [0.4, 0.5) is 35.1 Å². The van der Waals surface area contributed by atoms with Gasteiger partial charge in [0, 0.05) is 0 Å². The highest BCUT2D eigenvalue weighted by molar-refractivity contribution is 7.87. The fraction of sp³-hybridized carbons (Fsp3) is 1.00. The van der Waals surface area contributed by atoms with E-state index >= 15 is 0 Å². The van der Waals surface area contributed by atoms with E-state index in [9.17, 15) is 43.5 Å². The summed E-state index contributed by atoms with van der Waals surface area (Å²) in [5.41, 5.74) is 0. The lowest BCUT2D eigenvalue weighted by Crippen LogP contribution is -2.65. The number of ether oxygens (including phenoxy) is 1. The molecule has 128 valence electrons. The maximum atomic E-state index is 13.0. The summed E-state index contributed by atoms with van der Waals surface area (Å²) in [5.74, 6) is -14.0. The van der Waals surface area contributed by atoms with Gasteiger partial charge in [0.25, 0.3) is 0 Å². The predicted molar refractivity (Wildman–Crippen MR) is 52.2 cm³/mol. The first-order valence-electron chi connectivity index (χ1n) is 5.11. The molecule has 0 bridgehead atoms. The topological polar surface area (TPSA) is 63.6 Å². The molecular formula is C8H10F8O4S. The SMILES string of the molecule is CCC(C)OC(F)(F)C(F)(F)C(F)(F)C(F)(F)S(=O)(=O)O. The van der Waals surface area contributed by atoms with Gasteiger partial charge in [-0.2, -0.15) is 43.5 Å². The molecule has 0 heterocycles. The lowest BCUT2D eigenvalue weighted by Gasteiger charge is -2.35. The standard InChI is InChI=1S/C8H10F8O4S/c1-3-4(2)20-7(13,14)5(9,10)6(11,12)8(15,16)21(17,18)19/h4H,3H2,1-2H3,(H,17,18,19). The Bertz CT molecular complexity index is 475. The largest absolute Gasteiger partial charge is 0.438 e. The second-order valence-electron chi connectivity index (χ2n) is 3.99. The first-order chi connectivity index (χ1) is 8.95. The van der Waals surface area contributed by atoms with Crippen molar-refractivity contribution in [1.82, 2.24) is 0 Å². The fourth-order valence-electron chi connectivity index (χ4n) is 0.938. The van der Waals surface area contributed by atoms with Gasteiger partial charge < -0.3 is 4.74 Å². The molecule has 0 aromatic carbocycles. The van der Waals surface area contributed by atoms with Crippen molar-refractivity contribution in [3.63, 3.8) is 0 Å². The lowest BCUT2D eigenvalue weighted by molar-refractivity contribution is -0.424. The summed E-state index contributed by atoms with van der Waals surface area (Å²) in [6.45, 7) is 1.91. The van der Waals surface area contributed by atoms with E-state index in [1.54, 1.807) is 0 Å². The van der Waals surface area contributed by atoms with Gasteiger partial charge in [0.15, 0.2) is 0 Å². The van der Waals surface area contributed by atoms with E-state index in [1.165, 1.54) is 0 Å². The van der Waals surface area contributed by atoms with Crippen LogP contribution in [-0.4, -0.2) is 42.3 Å². The van der Waals surface area contributed by atoms with Crippen LogP contribution in [0.1, 0.15) is 20.3 Å². The predicted octanol–water partition coefficient (Wildman–Crippen LogP) is 3.15. The number of hydrogen-bond acceptors (Lipinski definition) is 3. The van der Waals surface area contributed by atoms with E-state index in [0.29, 0.717) is 0 Å². The average molecular weight is 354 g/mol. The molecule has 0 radical (unpaired) electrons. The van der Waals surface area contributed by atoms with Crippen LogP contribution in [0.3, 0.4) is 0 Å². The summed E-state index contributed by atoms with van der Waals surface area (Å²) in [6.07, 6.45) is -8.19. The maximum Gasteiger partial charge on any atom is 0.438 e. The Morgan fingerprint density at radius 1 is 1.00 bits per heavy atom. The van der Waals surface area contributed by atoms with E-state index in [2.05, 4.69) is 4.74 Å². The highest BCUT2D eigenvalue weighted by Gasteiger charge is 2.85. The summed E-state index contributed by atoms with van der Waals surface area (Å²) >= 11 is 0. The van der Waals surface area contributed by atoms with Gasteiger partial charge in [0.1, 0.15) is 0 Å². The van der Waals surface area contributed by atoms with Gasteiger partial charge in [-0.15, -0.1) is 0 Å². The van der Waals surface area contributed by atoms with Gasteiger partial charge >= 0.3 is 33.3 Å². The number of rotatable bonds is 7. The Morgan fingerprint density at radius 3 is 1.67 bits per heavy atom. The van der Waals surface area contributed by atoms with E-state index in [1.807, 2.05) is 0 Å². The molecule has 0 aliphatic rings. The summed E-state index contributed by atoms with van der Waals surface area (Å²) in [4.78, 5) is 0. The third-order valence-electron chi connectivity index (χ3n) is 2.37. The van der Waals surface area contributed by atoms with Crippen molar-refractivity contribution in [3.05, 3.63) is 0 Å². The van der Waals surface area contributed by atoms with Crippen LogP contribution in [0.25, 0.3) is 0 Å². The van der Waals surface area contributed by atoms with Gasteiger partial charge in [0.2, 0.25) is 0 Å². The Morgan fingerprint density at radius 2 is 1.38 bits per heavy atom. The van der Waals surface area contributed by atoms with Gasteiger partial charge in [-0.3, -0.25) is 4.55 Å². The summed E-state index contributed by atoms with van der Waals surface area (Å²) < 4.78 is 135. The van der Waals surface area contributed by atoms with Crippen molar-refractivity contribution >= 4 is 10.1 Å². The molecule has 0 saturated carbocycles. The van der Waals surface area contributed by atoms with Crippen molar-refractivity contribution in [3.8, 4) is 0 Å². The van der Waals surface area contributed by atoms with Crippen molar-refractivity contribution in [2.75, 3.05) is 0 Å². The molecule has 21 heavy (non-hydrogen) atoms. The molecule has 0 spiro atoms. The van der Waals surface area contributed by atoms with Crippen LogP contribution in [0.15, 0.2) is 0 Å². The number of halogens is 8. The Labute approximate surface area is 113 Å². The second-order valence-corrected chi connectivity index (χ2v) is 5.46. The Hall–Kier alpha value is -0.690. The van der Waals surface area contributed by atoms with Gasteiger partial charge in [0.05, 0.1) is 6.10 Å². The van der Waals surface area contributed by atoms with Crippen molar-refractivity contribution < 1.29 is 52.8 Å². The summed E-state index contributed by atoms with van der Waals surface area (Å²) in [6, 6.07) is 0. The van der Waals surface area contributed by atoms with Crippen LogP contribution in [-0.2, 0) is 14.9 Å². The monoisotopic (exact) mass is 354 g/mol. The molecule has 0 aromatic rings. The quantitative estimate of drug-likeness (QED) is 0.564. The third-order valence-corrected chi connectivity index (χ3v) is 3.28.